The molecule has 2 rings (SSSR count). The van der Waals surface area contributed by atoms with Crippen LogP contribution >= 0.6 is 22.9 Å². The van der Waals surface area contributed by atoms with Crippen molar-refractivity contribution in [3.05, 3.63) is 50.4 Å². The SMILES string of the molecule is CCCc1nc(Cc2cccc(Cl)c2)sc1CNC(C)C. The van der Waals surface area contributed by atoms with Gasteiger partial charge in [-0.2, -0.15) is 0 Å². The van der Waals surface area contributed by atoms with Crippen LogP contribution in [0.3, 0.4) is 0 Å². The summed E-state index contributed by atoms with van der Waals surface area (Å²) in [6.07, 6.45) is 3.06. The van der Waals surface area contributed by atoms with Crippen molar-refractivity contribution in [2.24, 2.45) is 0 Å². The number of nitrogens with one attached hydrogen (secondary N) is 1. The van der Waals surface area contributed by atoms with Crippen molar-refractivity contribution in [2.45, 2.75) is 52.6 Å². The minimum Gasteiger partial charge on any atom is -0.310 e. The molecule has 0 bridgehead atoms. The van der Waals surface area contributed by atoms with E-state index in [1.165, 1.54) is 21.1 Å². The van der Waals surface area contributed by atoms with Crippen LogP contribution in [-0.4, -0.2) is 11.0 Å². The molecule has 21 heavy (non-hydrogen) atoms. The zero-order valence-corrected chi connectivity index (χ0v) is 14.5. The molecule has 1 aromatic carbocycles. The predicted molar refractivity (Wildman–Crippen MR) is 92.3 cm³/mol. The van der Waals surface area contributed by atoms with E-state index in [1.807, 2.05) is 29.5 Å². The van der Waals surface area contributed by atoms with Gasteiger partial charge in [-0.05, 0) is 24.1 Å². The van der Waals surface area contributed by atoms with Crippen LogP contribution in [0.5, 0.6) is 0 Å². The molecule has 0 radical (unpaired) electrons. The molecule has 0 aliphatic rings. The van der Waals surface area contributed by atoms with Gasteiger partial charge in [0, 0.05) is 28.9 Å². The Morgan fingerprint density at radius 1 is 1.33 bits per heavy atom. The molecular weight excluding hydrogens is 300 g/mol. The highest BCUT2D eigenvalue weighted by molar-refractivity contribution is 7.11. The van der Waals surface area contributed by atoms with Crippen LogP contribution in [0.4, 0.5) is 0 Å². The van der Waals surface area contributed by atoms with E-state index in [-0.39, 0.29) is 0 Å². The molecule has 0 amide bonds. The van der Waals surface area contributed by atoms with E-state index in [0.29, 0.717) is 6.04 Å². The van der Waals surface area contributed by atoms with Gasteiger partial charge < -0.3 is 5.32 Å². The van der Waals surface area contributed by atoms with E-state index in [9.17, 15) is 0 Å². The third kappa shape index (κ3) is 5.10. The van der Waals surface area contributed by atoms with Crippen molar-refractivity contribution >= 4 is 22.9 Å². The van der Waals surface area contributed by atoms with E-state index in [0.717, 1.165) is 30.8 Å². The van der Waals surface area contributed by atoms with E-state index >= 15 is 0 Å². The molecule has 1 N–H and O–H groups in total. The molecule has 0 aliphatic carbocycles. The molecule has 1 heterocycles. The lowest BCUT2D eigenvalue weighted by atomic mass is 10.1. The number of halogens is 1. The van der Waals surface area contributed by atoms with Crippen molar-refractivity contribution in [1.82, 2.24) is 10.3 Å². The van der Waals surface area contributed by atoms with Gasteiger partial charge in [0.1, 0.15) is 0 Å². The van der Waals surface area contributed by atoms with Crippen molar-refractivity contribution in [3.63, 3.8) is 0 Å². The first-order valence-electron chi connectivity index (χ1n) is 7.53. The average Bonchev–Trinajstić information content (AvgIpc) is 2.79. The van der Waals surface area contributed by atoms with Gasteiger partial charge in [0.25, 0.3) is 0 Å². The number of hydrogen-bond donors (Lipinski definition) is 1. The average molecular weight is 323 g/mol. The smallest absolute Gasteiger partial charge is 0.0975 e. The molecular formula is C17H23ClN2S. The van der Waals surface area contributed by atoms with Crippen LogP contribution in [-0.2, 0) is 19.4 Å². The zero-order valence-electron chi connectivity index (χ0n) is 12.9. The molecule has 0 fully saturated rings. The van der Waals surface area contributed by atoms with Gasteiger partial charge in [-0.1, -0.05) is 50.9 Å². The fraction of sp³-hybridized carbons (Fsp3) is 0.471. The molecule has 0 unspecified atom stereocenters. The summed E-state index contributed by atoms with van der Waals surface area (Å²) in [5.41, 5.74) is 2.48. The Morgan fingerprint density at radius 3 is 2.81 bits per heavy atom. The standard InChI is InChI=1S/C17H23ClN2S/c1-4-6-15-16(11-19-12(2)3)21-17(20-15)10-13-7-5-8-14(18)9-13/h5,7-9,12,19H,4,6,10-11H2,1-3H3. The normalized spacial score (nSPS) is 11.3. The van der Waals surface area contributed by atoms with Crippen LogP contribution in [0.1, 0.15) is 48.3 Å². The fourth-order valence-corrected chi connectivity index (χ4v) is 3.51. The number of aromatic nitrogens is 1. The van der Waals surface area contributed by atoms with Gasteiger partial charge in [0.2, 0.25) is 0 Å². The Hall–Kier alpha value is -0.900. The first-order chi connectivity index (χ1) is 10.1. The van der Waals surface area contributed by atoms with Crippen LogP contribution in [0.25, 0.3) is 0 Å². The second-order valence-corrected chi connectivity index (χ2v) is 7.17. The lowest BCUT2D eigenvalue weighted by molar-refractivity contribution is 0.589. The largest absolute Gasteiger partial charge is 0.310 e. The minimum absolute atomic E-state index is 0.498. The highest BCUT2D eigenvalue weighted by Crippen LogP contribution is 2.23. The molecule has 2 nitrogen and oxygen atoms in total. The van der Waals surface area contributed by atoms with Gasteiger partial charge in [-0.3, -0.25) is 0 Å². The minimum atomic E-state index is 0.498. The second kappa shape index (κ2) is 7.92. The Bertz CT molecular complexity index is 578. The van der Waals surface area contributed by atoms with Crippen LogP contribution in [0.15, 0.2) is 24.3 Å². The van der Waals surface area contributed by atoms with Crippen molar-refractivity contribution in [3.8, 4) is 0 Å². The van der Waals surface area contributed by atoms with Gasteiger partial charge in [-0.15, -0.1) is 11.3 Å². The van der Waals surface area contributed by atoms with Gasteiger partial charge >= 0.3 is 0 Å². The number of thiazole rings is 1. The number of rotatable bonds is 7. The monoisotopic (exact) mass is 322 g/mol. The maximum absolute atomic E-state index is 6.05. The highest BCUT2D eigenvalue weighted by Gasteiger charge is 2.11. The molecule has 0 saturated carbocycles. The lowest BCUT2D eigenvalue weighted by Gasteiger charge is -2.07. The number of hydrogen-bond acceptors (Lipinski definition) is 3. The maximum Gasteiger partial charge on any atom is 0.0975 e. The van der Waals surface area contributed by atoms with Gasteiger partial charge in [0.05, 0.1) is 10.7 Å². The highest BCUT2D eigenvalue weighted by atomic mass is 35.5. The van der Waals surface area contributed by atoms with Crippen LogP contribution < -0.4 is 5.32 Å². The van der Waals surface area contributed by atoms with E-state index in [2.05, 4.69) is 32.2 Å². The first-order valence-corrected chi connectivity index (χ1v) is 8.73. The lowest BCUT2D eigenvalue weighted by Crippen LogP contribution is -2.21. The summed E-state index contributed by atoms with van der Waals surface area (Å²) in [6, 6.07) is 8.54. The zero-order chi connectivity index (χ0) is 15.2. The van der Waals surface area contributed by atoms with Crippen LogP contribution in [0.2, 0.25) is 5.02 Å². The van der Waals surface area contributed by atoms with Gasteiger partial charge in [-0.25, -0.2) is 4.98 Å². The Labute approximate surface area is 136 Å². The number of benzene rings is 1. The first kappa shape index (κ1) is 16.5. The third-order valence-electron chi connectivity index (χ3n) is 3.22. The van der Waals surface area contributed by atoms with Crippen LogP contribution in [0, 0.1) is 0 Å². The summed E-state index contributed by atoms with van der Waals surface area (Å²) in [5.74, 6) is 0. The molecule has 1 aromatic heterocycles. The molecule has 2 aromatic rings. The fourth-order valence-electron chi connectivity index (χ4n) is 2.20. The molecule has 4 heteroatoms. The summed E-state index contributed by atoms with van der Waals surface area (Å²) >= 11 is 7.88. The summed E-state index contributed by atoms with van der Waals surface area (Å²) in [5, 5.41) is 5.47. The molecule has 0 atom stereocenters. The second-order valence-electron chi connectivity index (χ2n) is 5.57. The molecule has 0 saturated heterocycles. The van der Waals surface area contributed by atoms with E-state index < -0.39 is 0 Å². The Balaban J connectivity index is 2.14. The Kier molecular flexibility index (Phi) is 6.22. The topological polar surface area (TPSA) is 24.9 Å². The molecule has 0 aliphatic heterocycles. The maximum atomic E-state index is 6.05. The Morgan fingerprint density at radius 2 is 2.14 bits per heavy atom. The van der Waals surface area contributed by atoms with Gasteiger partial charge in [0.15, 0.2) is 0 Å². The van der Waals surface area contributed by atoms with E-state index in [1.54, 1.807) is 0 Å². The summed E-state index contributed by atoms with van der Waals surface area (Å²) < 4.78 is 0. The van der Waals surface area contributed by atoms with Crippen molar-refractivity contribution in [1.29, 1.82) is 0 Å². The summed E-state index contributed by atoms with van der Waals surface area (Å²) in [6.45, 7) is 7.47. The van der Waals surface area contributed by atoms with Crippen molar-refractivity contribution < 1.29 is 0 Å². The quantitative estimate of drug-likeness (QED) is 0.789. The predicted octanol–water partition coefficient (Wildman–Crippen LogP) is 4.84. The third-order valence-corrected chi connectivity index (χ3v) is 4.56. The van der Waals surface area contributed by atoms with Crippen molar-refractivity contribution in [2.75, 3.05) is 0 Å². The molecule has 0 spiro atoms. The molecule has 114 valence electrons. The number of aryl methyl sites for hydroxylation is 1. The summed E-state index contributed by atoms with van der Waals surface area (Å²) in [4.78, 5) is 6.22. The van der Waals surface area contributed by atoms with E-state index in [4.69, 9.17) is 16.6 Å². The summed E-state index contributed by atoms with van der Waals surface area (Å²) in [7, 11) is 0. The number of nitrogens with zero attached hydrogens (tertiary/aromatic N) is 1.